The van der Waals surface area contributed by atoms with Gasteiger partial charge in [0.1, 0.15) is 0 Å². The molecule has 0 fully saturated rings. The summed E-state index contributed by atoms with van der Waals surface area (Å²) in [5.74, 6) is 0.571. The van der Waals surface area contributed by atoms with Crippen molar-refractivity contribution in [2.24, 2.45) is 5.92 Å². The van der Waals surface area contributed by atoms with Crippen LogP contribution in [-0.2, 0) is 9.47 Å². The smallest absolute Gasteiger partial charge is 0.0915 e. The molecule has 18 heavy (non-hydrogen) atoms. The highest BCUT2D eigenvalue weighted by molar-refractivity contribution is 14.1. The van der Waals surface area contributed by atoms with Crippen LogP contribution >= 0.6 is 34.2 Å². The van der Waals surface area contributed by atoms with Crippen LogP contribution in [0.5, 0.6) is 0 Å². The molecule has 0 spiro atoms. The Morgan fingerprint density at radius 2 is 1.83 bits per heavy atom. The molecular formula is C14H20ClIO2. The van der Waals surface area contributed by atoms with Crippen molar-refractivity contribution >= 4 is 34.2 Å². The van der Waals surface area contributed by atoms with Gasteiger partial charge in [-0.25, -0.2) is 0 Å². The Balaban J connectivity index is 2.31. The number of halogens is 2. The van der Waals surface area contributed by atoms with Crippen molar-refractivity contribution in [2.45, 2.75) is 20.0 Å². The Hall–Kier alpha value is 0.160. The van der Waals surface area contributed by atoms with Crippen LogP contribution in [0.25, 0.3) is 0 Å². The molecule has 1 atom stereocenters. The number of hydrogen-bond acceptors (Lipinski definition) is 2. The van der Waals surface area contributed by atoms with Gasteiger partial charge in [-0.2, -0.15) is 0 Å². The fraction of sp³-hybridized carbons (Fsp3) is 0.571. The molecule has 0 heterocycles. The molecule has 0 bridgehead atoms. The summed E-state index contributed by atoms with van der Waals surface area (Å²) >= 11 is 8.21. The molecule has 0 N–H and O–H groups in total. The van der Waals surface area contributed by atoms with Gasteiger partial charge in [0.2, 0.25) is 0 Å². The van der Waals surface area contributed by atoms with E-state index in [4.69, 9.17) is 21.1 Å². The van der Waals surface area contributed by atoms with E-state index in [0.29, 0.717) is 19.1 Å². The summed E-state index contributed by atoms with van der Waals surface area (Å²) in [5, 5.41) is 0.756. The summed E-state index contributed by atoms with van der Waals surface area (Å²) in [7, 11) is 0. The molecule has 4 heteroatoms. The lowest BCUT2D eigenvalue weighted by Gasteiger charge is -2.16. The largest absolute Gasteiger partial charge is 0.379 e. The molecule has 0 aromatic heterocycles. The summed E-state index contributed by atoms with van der Waals surface area (Å²) < 4.78 is 12.2. The maximum atomic E-state index is 5.87. The van der Waals surface area contributed by atoms with Crippen molar-refractivity contribution in [1.29, 1.82) is 0 Å². The Bertz CT molecular complexity index is 327. The third-order valence-corrected chi connectivity index (χ3v) is 3.43. The van der Waals surface area contributed by atoms with Gasteiger partial charge in [0.15, 0.2) is 0 Å². The van der Waals surface area contributed by atoms with Crippen molar-refractivity contribution < 1.29 is 9.47 Å². The van der Waals surface area contributed by atoms with Crippen LogP contribution in [0.1, 0.15) is 25.5 Å². The highest BCUT2D eigenvalue weighted by Crippen LogP contribution is 2.21. The molecule has 0 saturated heterocycles. The summed E-state index contributed by atoms with van der Waals surface area (Å²) in [6.07, 6.45) is 0.116. The second-order valence-corrected chi connectivity index (χ2v) is 5.85. The minimum Gasteiger partial charge on any atom is -0.379 e. The van der Waals surface area contributed by atoms with Crippen LogP contribution in [0.3, 0.4) is 0 Å². The maximum Gasteiger partial charge on any atom is 0.0915 e. The molecular weight excluding hydrogens is 363 g/mol. The van der Waals surface area contributed by atoms with Crippen molar-refractivity contribution in [2.75, 3.05) is 24.2 Å². The van der Waals surface area contributed by atoms with Crippen LogP contribution in [0.15, 0.2) is 24.3 Å². The van der Waals surface area contributed by atoms with Crippen LogP contribution in [0.2, 0.25) is 5.02 Å². The first-order chi connectivity index (χ1) is 8.63. The lowest BCUT2D eigenvalue weighted by Crippen LogP contribution is -2.12. The van der Waals surface area contributed by atoms with E-state index in [1.165, 1.54) is 0 Å². The van der Waals surface area contributed by atoms with Crippen LogP contribution in [-0.4, -0.2) is 24.2 Å². The molecule has 1 aromatic rings. The molecule has 0 aliphatic heterocycles. The van der Waals surface area contributed by atoms with Crippen molar-refractivity contribution in [3.05, 3.63) is 34.9 Å². The Kier molecular flexibility index (Phi) is 8.22. The van der Waals surface area contributed by atoms with E-state index in [-0.39, 0.29) is 6.10 Å². The summed E-state index contributed by atoms with van der Waals surface area (Å²) in [6.45, 7) is 6.35. The number of ether oxygens (including phenoxy) is 2. The van der Waals surface area contributed by atoms with Gasteiger partial charge in [0.25, 0.3) is 0 Å². The van der Waals surface area contributed by atoms with E-state index < -0.39 is 0 Å². The van der Waals surface area contributed by atoms with Gasteiger partial charge < -0.3 is 9.47 Å². The van der Waals surface area contributed by atoms with E-state index >= 15 is 0 Å². The van der Waals surface area contributed by atoms with E-state index in [1.807, 2.05) is 24.3 Å². The topological polar surface area (TPSA) is 18.5 Å². The first-order valence-corrected chi connectivity index (χ1v) is 8.04. The summed E-state index contributed by atoms with van der Waals surface area (Å²) in [4.78, 5) is 0. The Morgan fingerprint density at radius 3 is 2.39 bits per heavy atom. The molecule has 0 saturated carbocycles. The zero-order chi connectivity index (χ0) is 13.4. The van der Waals surface area contributed by atoms with E-state index in [9.17, 15) is 0 Å². The average molecular weight is 383 g/mol. The lowest BCUT2D eigenvalue weighted by molar-refractivity contribution is 0.00820. The zero-order valence-electron chi connectivity index (χ0n) is 10.9. The molecule has 1 rings (SSSR count). The summed E-state index contributed by atoms with van der Waals surface area (Å²) in [6, 6.07) is 7.82. The molecule has 0 aliphatic rings. The van der Waals surface area contributed by atoms with E-state index in [1.54, 1.807) is 0 Å². The van der Waals surface area contributed by atoms with Crippen LogP contribution in [0.4, 0.5) is 0 Å². The first-order valence-electron chi connectivity index (χ1n) is 6.14. The molecule has 0 amide bonds. The maximum absolute atomic E-state index is 5.87. The Morgan fingerprint density at radius 1 is 1.17 bits per heavy atom. The fourth-order valence-electron chi connectivity index (χ4n) is 1.48. The quantitative estimate of drug-likeness (QED) is 0.374. The van der Waals surface area contributed by atoms with Gasteiger partial charge >= 0.3 is 0 Å². The number of rotatable bonds is 8. The second-order valence-electron chi connectivity index (χ2n) is 4.53. The summed E-state index contributed by atoms with van der Waals surface area (Å²) in [5.41, 5.74) is 1.16. The third-order valence-electron chi connectivity index (χ3n) is 2.38. The number of hydrogen-bond donors (Lipinski definition) is 0. The van der Waals surface area contributed by atoms with Crippen LogP contribution in [0, 0.1) is 5.92 Å². The molecule has 1 aromatic carbocycles. The second kappa shape index (κ2) is 9.13. The van der Waals surface area contributed by atoms with Gasteiger partial charge in [0.05, 0.1) is 19.3 Å². The standard InChI is InChI=1S/C14H20ClIO2/c1-11(2)10-17-7-8-18-14(9-16)12-3-5-13(15)6-4-12/h3-6,11,14H,7-10H2,1-2H3. The van der Waals surface area contributed by atoms with Crippen LogP contribution < -0.4 is 0 Å². The highest BCUT2D eigenvalue weighted by atomic mass is 127. The van der Waals surface area contributed by atoms with Gasteiger partial charge in [-0.15, -0.1) is 0 Å². The van der Waals surface area contributed by atoms with E-state index in [2.05, 4.69) is 36.4 Å². The lowest BCUT2D eigenvalue weighted by atomic mass is 10.1. The van der Waals surface area contributed by atoms with E-state index in [0.717, 1.165) is 21.6 Å². The number of benzene rings is 1. The molecule has 2 nitrogen and oxygen atoms in total. The predicted molar refractivity (Wildman–Crippen MR) is 84.7 cm³/mol. The minimum atomic E-state index is 0.116. The molecule has 1 unspecified atom stereocenters. The Labute approximate surface area is 128 Å². The van der Waals surface area contributed by atoms with Gasteiger partial charge in [0, 0.05) is 16.1 Å². The third kappa shape index (κ3) is 6.36. The van der Waals surface area contributed by atoms with Gasteiger partial charge in [-0.1, -0.05) is 60.2 Å². The van der Waals surface area contributed by atoms with Crippen molar-refractivity contribution in [3.63, 3.8) is 0 Å². The first kappa shape index (κ1) is 16.2. The van der Waals surface area contributed by atoms with Gasteiger partial charge in [-0.05, 0) is 23.6 Å². The molecule has 102 valence electrons. The average Bonchev–Trinajstić information content (AvgIpc) is 2.35. The highest BCUT2D eigenvalue weighted by Gasteiger charge is 2.10. The normalized spacial score (nSPS) is 12.9. The minimum absolute atomic E-state index is 0.116. The van der Waals surface area contributed by atoms with Crippen molar-refractivity contribution in [3.8, 4) is 0 Å². The fourth-order valence-corrected chi connectivity index (χ4v) is 2.36. The molecule has 0 radical (unpaired) electrons. The monoisotopic (exact) mass is 382 g/mol. The SMILES string of the molecule is CC(C)COCCOC(CI)c1ccc(Cl)cc1. The molecule has 0 aliphatic carbocycles. The zero-order valence-corrected chi connectivity index (χ0v) is 13.8. The predicted octanol–water partition coefficient (Wildman–Crippen LogP) is 4.51. The van der Waals surface area contributed by atoms with Crippen molar-refractivity contribution in [1.82, 2.24) is 0 Å². The number of alkyl halides is 1. The van der Waals surface area contributed by atoms with Gasteiger partial charge in [-0.3, -0.25) is 0 Å².